The number of benzene rings is 4. The molecule has 2 nitrogen and oxygen atoms in total. The van der Waals surface area contributed by atoms with Crippen LogP contribution in [0.1, 0.15) is 90.8 Å². The summed E-state index contributed by atoms with van der Waals surface area (Å²) in [5.74, 6) is 0. The predicted molar refractivity (Wildman–Crippen MR) is 176 cm³/mol. The Morgan fingerprint density at radius 3 is 1.60 bits per heavy atom. The molecule has 0 heterocycles. The summed E-state index contributed by atoms with van der Waals surface area (Å²) >= 11 is 0. The molecule has 1 N–H and O–H groups in total. The van der Waals surface area contributed by atoms with Crippen LogP contribution in [0.3, 0.4) is 0 Å². The monoisotopic (exact) mass is 532 g/mol. The van der Waals surface area contributed by atoms with E-state index in [1.54, 1.807) is 0 Å². The van der Waals surface area contributed by atoms with Gasteiger partial charge < -0.3 is 10.2 Å². The van der Waals surface area contributed by atoms with Gasteiger partial charge >= 0.3 is 0 Å². The number of nitrogens with zero attached hydrogens (tertiary/aromatic N) is 1. The van der Waals surface area contributed by atoms with Crippen molar-refractivity contribution in [3.8, 4) is 0 Å². The molecule has 4 rings (SSSR count). The van der Waals surface area contributed by atoms with E-state index >= 15 is 0 Å². The van der Waals surface area contributed by atoms with Gasteiger partial charge in [0.25, 0.3) is 0 Å². The van der Waals surface area contributed by atoms with Crippen molar-refractivity contribution in [1.82, 2.24) is 0 Å². The standard InChI is InChI=1S/C38H48N2/c1-8-9-10-11-13-29-16-22-32(23-17-29)39-33-14-12-15-36(28-33)40(34-24-18-30(19-25-34)37(2,3)4)35-26-20-31(21-27-35)38(5,6)7/h12,14-28,39H,8-11,13H2,1-7H3. The van der Waals surface area contributed by atoms with Crippen LogP contribution >= 0.6 is 0 Å². The summed E-state index contributed by atoms with van der Waals surface area (Å²) in [5, 5.41) is 3.64. The Morgan fingerprint density at radius 2 is 1.10 bits per heavy atom. The van der Waals surface area contributed by atoms with E-state index in [-0.39, 0.29) is 10.8 Å². The van der Waals surface area contributed by atoms with Gasteiger partial charge in [0.15, 0.2) is 0 Å². The van der Waals surface area contributed by atoms with E-state index in [0.717, 1.165) is 34.9 Å². The zero-order chi connectivity index (χ0) is 28.8. The van der Waals surface area contributed by atoms with Crippen LogP contribution < -0.4 is 10.2 Å². The normalized spacial score (nSPS) is 11.9. The summed E-state index contributed by atoms with van der Waals surface area (Å²) in [5.41, 5.74) is 9.96. The average Bonchev–Trinajstić information content (AvgIpc) is 2.92. The van der Waals surface area contributed by atoms with Crippen molar-refractivity contribution >= 4 is 28.4 Å². The summed E-state index contributed by atoms with van der Waals surface area (Å²) in [6.07, 6.45) is 6.36. The van der Waals surface area contributed by atoms with Crippen molar-refractivity contribution in [1.29, 1.82) is 0 Å². The van der Waals surface area contributed by atoms with Gasteiger partial charge in [-0.05, 0) is 95.0 Å². The Kier molecular flexibility index (Phi) is 9.40. The van der Waals surface area contributed by atoms with E-state index in [4.69, 9.17) is 0 Å². The average molecular weight is 533 g/mol. The Balaban J connectivity index is 1.62. The van der Waals surface area contributed by atoms with Crippen LogP contribution in [0.15, 0.2) is 97.1 Å². The van der Waals surface area contributed by atoms with Crippen molar-refractivity contribution in [2.24, 2.45) is 0 Å². The molecule has 0 unspecified atom stereocenters. The largest absolute Gasteiger partial charge is 0.355 e. The highest BCUT2D eigenvalue weighted by Crippen LogP contribution is 2.38. The zero-order valence-corrected chi connectivity index (χ0v) is 25.7. The van der Waals surface area contributed by atoms with Gasteiger partial charge in [0.1, 0.15) is 0 Å². The molecule has 210 valence electrons. The molecule has 0 aromatic heterocycles. The second kappa shape index (κ2) is 12.8. The van der Waals surface area contributed by atoms with Crippen molar-refractivity contribution in [2.75, 3.05) is 10.2 Å². The second-order valence-corrected chi connectivity index (χ2v) is 13.1. The minimum Gasteiger partial charge on any atom is -0.355 e. The van der Waals surface area contributed by atoms with E-state index in [1.807, 2.05) is 0 Å². The number of hydrogen-bond donors (Lipinski definition) is 1. The highest BCUT2D eigenvalue weighted by atomic mass is 15.1. The maximum absolute atomic E-state index is 3.64. The Labute approximate surface area is 243 Å². The summed E-state index contributed by atoms with van der Waals surface area (Å²) in [7, 11) is 0. The summed E-state index contributed by atoms with van der Waals surface area (Å²) in [6, 6.07) is 35.7. The lowest BCUT2D eigenvalue weighted by Gasteiger charge is -2.28. The molecule has 0 saturated heterocycles. The first kappa shape index (κ1) is 29.5. The number of aryl methyl sites for hydroxylation is 1. The molecule has 40 heavy (non-hydrogen) atoms. The Bertz CT molecular complexity index is 1280. The van der Waals surface area contributed by atoms with Crippen molar-refractivity contribution in [3.63, 3.8) is 0 Å². The summed E-state index contributed by atoms with van der Waals surface area (Å²) in [4.78, 5) is 2.35. The maximum atomic E-state index is 3.64. The van der Waals surface area contributed by atoms with Gasteiger partial charge in [0.2, 0.25) is 0 Å². The molecular weight excluding hydrogens is 484 g/mol. The summed E-state index contributed by atoms with van der Waals surface area (Å²) < 4.78 is 0. The van der Waals surface area contributed by atoms with Crippen LogP contribution in [0.5, 0.6) is 0 Å². The third-order valence-electron chi connectivity index (χ3n) is 7.65. The van der Waals surface area contributed by atoms with Gasteiger partial charge in [0, 0.05) is 28.4 Å². The minimum atomic E-state index is 0.118. The molecule has 0 bridgehead atoms. The van der Waals surface area contributed by atoms with Gasteiger partial charge in [-0.25, -0.2) is 0 Å². The predicted octanol–water partition coefficient (Wildman–Crippen LogP) is 11.6. The molecular formula is C38H48N2. The van der Waals surface area contributed by atoms with Gasteiger partial charge in [0.05, 0.1) is 0 Å². The summed E-state index contributed by atoms with van der Waals surface area (Å²) in [6.45, 7) is 15.8. The van der Waals surface area contributed by atoms with Crippen molar-refractivity contribution < 1.29 is 0 Å². The Hall–Kier alpha value is -3.52. The number of nitrogens with one attached hydrogen (secondary N) is 1. The third-order valence-corrected chi connectivity index (χ3v) is 7.65. The van der Waals surface area contributed by atoms with E-state index in [9.17, 15) is 0 Å². The number of rotatable bonds is 10. The van der Waals surface area contributed by atoms with E-state index in [0.29, 0.717) is 0 Å². The van der Waals surface area contributed by atoms with Crippen LogP contribution in [0.4, 0.5) is 28.4 Å². The van der Waals surface area contributed by atoms with Crippen LogP contribution in [0.2, 0.25) is 0 Å². The highest BCUT2D eigenvalue weighted by Gasteiger charge is 2.18. The van der Waals surface area contributed by atoms with Gasteiger partial charge in [-0.15, -0.1) is 0 Å². The van der Waals surface area contributed by atoms with Crippen molar-refractivity contribution in [3.05, 3.63) is 114 Å². The Morgan fingerprint density at radius 1 is 0.550 bits per heavy atom. The molecule has 0 aliphatic carbocycles. The maximum Gasteiger partial charge on any atom is 0.0482 e. The number of hydrogen-bond acceptors (Lipinski definition) is 2. The fraction of sp³-hybridized carbons (Fsp3) is 0.368. The van der Waals surface area contributed by atoms with E-state index in [1.165, 1.54) is 42.4 Å². The smallest absolute Gasteiger partial charge is 0.0482 e. The molecule has 2 heteroatoms. The molecule has 0 fully saturated rings. The van der Waals surface area contributed by atoms with E-state index < -0.39 is 0 Å². The first-order chi connectivity index (χ1) is 19.0. The zero-order valence-electron chi connectivity index (χ0n) is 25.7. The lowest BCUT2D eigenvalue weighted by atomic mass is 9.86. The first-order valence-corrected chi connectivity index (χ1v) is 15.0. The fourth-order valence-electron chi connectivity index (χ4n) is 5.07. The number of anilines is 5. The van der Waals surface area contributed by atoms with Crippen LogP contribution in [0, 0.1) is 0 Å². The van der Waals surface area contributed by atoms with Gasteiger partial charge in [-0.2, -0.15) is 0 Å². The molecule has 0 amide bonds. The lowest BCUT2D eigenvalue weighted by molar-refractivity contribution is 0.590. The SMILES string of the molecule is CCCCCCc1ccc(Nc2cccc(N(c3ccc(C(C)(C)C)cc3)c3ccc(C(C)(C)C)cc3)c2)cc1. The van der Waals surface area contributed by atoms with E-state index in [2.05, 4.69) is 156 Å². The first-order valence-electron chi connectivity index (χ1n) is 15.0. The molecule has 0 spiro atoms. The third kappa shape index (κ3) is 7.78. The lowest BCUT2D eigenvalue weighted by Crippen LogP contribution is -2.14. The fourth-order valence-corrected chi connectivity index (χ4v) is 5.07. The number of unbranched alkanes of at least 4 members (excludes halogenated alkanes) is 3. The molecule has 0 aliphatic heterocycles. The van der Waals surface area contributed by atoms with Crippen molar-refractivity contribution in [2.45, 2.75) is 91.4 Å². The molecule has 0 saturated carbocycles. The molecule has 4 aromatic rings. The van der Waals surface area contributed by atoms with Crippen LogP contribution in [-0.2, 0) is 17.3 Å². The highest BCUT2D eigenvalue weighted by molar-refractivity contribution is 5.79. The molecule has 0 radical (unpaired) electrons. The topological polar surface area (TPSA) is 15.3 Å². The van der Waals surface area contributed by atoms with Crippen LogP contribution in [0.25, 0.3) is 0 Å². The van der Waals surface area contributed by atoms with Gasteiger partial charge in [-0.1, -0.05) is 110 Å². The second-order valence-electron chi connectivity index (χ2n) is 13.1. The van der Waals surface area contributed by atoms with Crippen LogP contribution in [-0.4, -0.2) is 0 Å². The van der Waals surface area contributed by atoms with Gasteiger partial charge in [-0.3, -0.25) is 0 Å². The minimum absolute atomic E-state index is 0.118. The molecule has 4 aromatic carbocycles. The molecule has 0 aliphatic rings. The quantitative estimate of drug-likeness (QED) is 0.204. The molecule has 0 atom stereocenters.